The molecule has 0 aromatic carbocycles. The Balaban J connectivity index is 4.02. The predicted octanol–water partition coefficient (Wildman–Crippen LogP) is 23.6. The van der Waals surface area contributed by atoms with Crippen molar-refractivity contribution in [3.63, 3.8) is 0 Å². The fourth-order valence-electron chi connectivity index (χ4n) is 9.78. The maximum absolute atomic E-state index is 12.9. The second-order valence-corrected chi connectivity index (χ2v) is 22.7. The lowest BCUT2D eigenvalue weighted by Crippen LogP contribution is -2.30. The first kappa shape index (κ1) is 76.3. The average Bonchev–Trinajstić information content (AvgIpc) is 3.46. The summed E-state index contributed by atoms with van der Waals surface area (Å²) in [5.74, 6) is -0.870. The Bertz CT molecular complexity index is 1560. The summed E-state index contributed by atoms with van der Waals surface area (Å²) in [6.07, 6.45) is 91.9. The molecule has 0 heterocycles. The summed E-state index contributed by atoms with van der Waals surface area (Å²) in [5.41, 5.74) is 0. The van der Waals surface area contributed by atoms with Gasteiger partial charge in [-0.05, 0) is 96.3 Å². The third kappa shape index (κ3) is 65.1. The first-order valence-corrected chi connectivity index (χ1v) is 34.2. The normalized spacial score (nSPS) is 12.7. The molecule has 1 unspecified atom stereocenters. The van der Waals surface area contributed by atoms with Gasteiger partial charge in [-0.3, -0.25) is 14.4 Å². The molecule has 0 aliphatic carbocycles. The van der Waals surface area contributed by atoms with Crippen LogP contribution in [0.3, 0.4) is 0 Å². The minimum atomic E-state index is -0.774. The van der Waals surface area contributed by atoms with Gasteiger partial charge in [0.2, 0.25) is 0 Å². The van der Waals surface area contributed by atoms with Crippen molar-refractivity contribution in [2.45, 2.75) is 341 Å². The SMILES string of the molecule is CC/C=C\C/C=C\C/C=C\C/C=C\CCCCCCCCCCCCCCCCCCC(=O)OCC(COC(=O)CCCCCCCC)OC(=O)CCCCCCCCCCCCCCCC/C=C\C/C=C\C/C=C\C/C=C\CC. The Labute approximate surface area is 496 Å². The van der Waals surface area contributed by atoms with Crippen molar-refractivity contribution in [2.24, 2.45) is 0 Å². The molecule has 460 valence electrons. The van der Waals surface area contributed by atoms with E-state index in [4.69, 9.17) is 14.2 Å². The van der Waals surface area contributed by atoms with Gasteiger partial charge < -0.3 is 14.2 Å². The van der Waals surface area contributed by atoms with Crippen LogP contribution in [0, 0.1) is 0 Å². The van der Waals surface area contributed by atoms with Gasteiger partial charge in [-0.2, -0.15) is 0 Å². The van der Waals surface area contributed by atoms with E-state index in [1.807, 2.05) is 0 Å². The summed E-state index contributed by atoms with van der Waals surface area (Å²) in [4.78, 5) is 38.1. The van der Waals surface area contributed by atoms with Gasteiger partial charge in [-0.1, -0.05) is 317 Å². The van der Waals surface area contributed by atoms with Crippen LogP contribution in [0.1, 0.15) is 335 Å². The molecule has 0 N–H and O–H groups in total. The molecule has 0 radical (unpaired) electrons. The number of rotatable bonds is 62. The summed E-state index contributed by atoms with van der Waals surface area (Å²) in [5, 5.41) is 0. The van der Waals surface area contributed by atoms with E-state index >= 15 is 0 Å². The quantitative estimate of drug-likeness (QED) is 0.0261. The Hall–Kier alpha value is -3.67. The molecule has 6 nitrogen and oxygen atoms in total. The molecule has 0 saturated heterocycles. The highest BCUT2D eigenvalue weighted by Crippen LogP contribution is 2.17. The van der Waals surface area contributed by atoms with Crippen LogP contribution in [-0.2, 0) is 28.6 Å². The van der Waals surface area contributed by atoms with Gasteiger partial charge in [-0.25, -0.2) is 0 Å². The number of unbranched alkanes of at least 4 members (excludes halogenated alkanes) is 35. The molecule has 0 aromatic rings. The molecule has 0 fully saturated rings. The standard InChI is InChI=1S/C74H128O6/c1-4-7-10-13-16-18-20-22-24-26-28-30-32-34-36-37-39-40-42-44-46-48-50-52-54-56-58-61-64-67-73(76)79-70-71(69-78-72(75)66-63-60-15-12-9-6-3)80-74(77)68-65-62-59-57-55-53-51-49-47-45-43-41-38-35-33-31-29-27-25-23-21-19-17-14-11-8-5-2/h7-8,10-11,16-19,22-25,28-31,71H,4-6,9,12-15,20-21,26-27,32-70H2,1-3H3/b10-7-,11-8-,18-16-,19-17-,24-22-,25-23-,30-28-,31-29-. The Morgan fingerprint density at radius 3 is 0.762 bits per heavy atom. The summed E-state index contributed by atoms with van der Waals surface area (Å²) < 4.78 is 16.9. The molecule has 0 amide bonds. The number of allylic oxidation sites excluding steroid dienone is 16. The molecule has 6 heteroatoms. The molecule has 80 heavy (non-hydrogen) atoms. The van der Waals surface area contributed by atoms with Gasteiger partial charge in [-0.15, -0.1) is 0 Å². The smallest absolute Gasteiger partial charge is 0.306 e. The number of carbonyl (C=O) groups is 3. The van der Waals surface area contributed by atoms with Gasteiger partial charge in [0.1, 0.15) is 13.2 Å². The van der Waals surface area contributed by atoms with Gasteiger partial charge in [0.25, 0.3) is 0 Å². The lowest BCUT2D eigenvalue weighted by molar-refractivity contribution is -0.167. The minimum Gasteiger partial charge on any atom is -0.462 e. The highest BCUT2D eigenvalue weighted by atomic mass is 16.6. The lowest BCUT2D eigenvalue weighted by atomic mass is 10.0. The van der Waals surface area contributed by atoms with Gasteiger partial charge in [0, 0.05) is 19.3 Å². The number of ether oxygens (including phenoxy) is 3. The first-order valence-electron chi connectivity index (χ1n) is 34.2. The molecule has 0 aliphatic heterocycles. The van der Waals surface area contributed by atoms with Gasteiger partial charge in [0.15, 0.2) is 6.10 Å². The molecule has 0 saturated carbocycles. The second kappa shape index (κ2) is 67.8. The van der Waals surface area contributed by atoms with E-state index in [-0.39, 0.29) is 31.1 Å². The number of hydrogen-bond acceptors (Lipinski definition) is 6. The zero-order chi connectivity index (χ0) is 57.8. The Kier molecular flexibility index (Phi) is 64.7. The van der Waals surface area contributed by atoms with Crippen LogP contribution in [0.2, 0.25) is 0 Å². The van der Waals surface area contributed by atoms with Crippen molar-refractivity contribution in [1.82, 2.24) is 0 Å². The fourth-order valence-corrected chi connectivity index (χ4v) is 9.78. The molecular weight excluding hydrogens is 985 g/mol. The third-order valence-corrected chi connectivity index (χ3v) is 14.8. The summed E-state index contributed by atoms with van der Waals surface area (Å²) in [7, 11) is 0. The average molecular weight is 1110 g/mol. The number of hydrogen-bond donors (Lipinski definition) is 0. The Morgan fingerprint density at radius 2 is 0.487 bits per heavy atom. The van der Waals surface area contributed by atoms with E-state index < -0.39 is 6.10 Å². The number of esters is 3. The number of carbonyl (C=O) groups excluding carboxylic acids is 3. The van der Waals surface area contributed by atoms with E-state index in [0.29, 0.717) is 19.3 Å². The largest absolute Gasteiger partial charge is 0.462 e. The van der Waals surface area contributed by atoms with Crippen LogP contribution in [0.4, 0.5) is 0 Å². The molecule has 0 spiro atoms. The first-order chi connectivity index (χ1) is 39.5. The molecule has 0 aromatic heterocycles. The lowest BCUT2D eigenvalue weighted by Gasteiger charge is -2.18. The van der Waals surface area contributed by atoms with Crippen molar-refractivity contribution in [2.75, 3.05) is 13.2 Å². The van der Waals surface area contributed by atoms with Gasteiger partial charge >= 0.3 is 17.9 Å². The molecule has 0 rings (SSSR count). The third-order valence-electron chi connectivity index (χ3n) is 14.8. The maximum atomic E-state index is 12.9. The fraction of sp³-hybridized carbons (Fsp3) is 0.743. The van der Waals surface area contributed by atoms with Crippen LogP contribution in [-0.4, -0.2) is 37.2 Å². The van der Waals surface area contributed by atoms with Crippen molar-refractivity contribution in [3.05, 3.63) is 97.2 Å². The van der Waals surface area contributed by atoms with E-state index in [2.05, 4.69) is 118 Å². The molecule has 0 aliphatic rings. The van der Waals surface area contributed by atoms with E-state index in [0.717, 1.165) is 109 Å². The summed E-state index contributed by atoms with van der Waals surface area (Å²) >= 11 is 0. The molecular formula is C74H128O6. The van der Waals surface area contributed by atoms with Crippen LogP contribution in [0.25, 0.3) is 0 Å². The monoisotopic (exact) mass is 1110 g/mol. The van der Waals surface area contributed by atoms with Gasteiger partial charge in [0.05, 0.1) is 0 Å². The van der Waals surface area contributed by atoms with E-state index in [9.17, 15) is 14.4 Å². The second-order valence-electron chi connectivity index (χ2n) is 22.7. The van der Waals surface area contributed by atoms with Crippen LogP contribution in [0.15, 0.2) is 97.2 Å². The zero-order valence-electron chi connectivity index (χ0n) is 52.8. The van der Waals surface area contributed by atoms with E-state index in [1.165, 1.54) is 186 Å². The van der Waals surface area contributed by atoms with Crippen molar-refractivity contribution < 1.29 is 28.6 Å². The Morgan fingerprint density at radius 1 is 0.263 bits per heavy atom. The maximum Gasteiger partial charge on any atom is 0.306 e. The predicted molar refractivity (Wildman–Crippen MR) is 348 cm³/mol. The van der Waals surface area contributed by atoms with Crippen molar-refractivity contribution in [1.29, 1.82) is 0 Å². The summed E-state index contributed by atoms with van der Waals surface area (Å²) in [6, 6.07) is 0. The van der Waals surface area contributed by atoms with Crippen LogP contribution >= 0.6 is 0 Å². The van der Waals surface area contributed by atoms with Crippen LogP contribution in [0.5, 0.6) is 0 Å². The molecule has 1 atom stereocenters. The highest BCUT2D eigenvalue weighted by molar-refractivity contribution is 5.71. The topological polar surface area (TPSA) is 78.9 Å². The minimum absolute atomic E-state index is 0.0735. The molecule has 0 bridgehead atoms. The zero-order valence-corrected chi connectivity index (χ0v) is 52.8. The van der Waals surface area contributed by atoms with E-state index in [1.54, 1.807) is 0 Å². The van der Waals surface area contributed by atoms with Crippen molar-refractivity contribution >= 4 is 17.9 Å². The van der Waals surface area contributed by atoms with Crippen LogP contribution < -0.4 is 0 Å². The van der Waals surface area contributed by atoms with Crippen molar-refractivity contribution in [3.8, 4) is 0 Å². The summed E-state index contributed by atoms with van der Waals surface area (Å²) in [6.45, 7) is 6.39. The highest BCUT2D eigenvalue weighted by Gasteiger charge is 2.19.